The summed E-state index contributed by atoms with van der Waals surface area (Å²) in [5.41, 5.74) is 0. The lowest BCUT2D eigenvalue weighted by Crippen LogP contribution is -1.87. The maximum Gasteiger partial charge on any atom is 0.195 e. The second kappa shape index (κ2) is 4.76. The average molecular weight is 330 g/mol. The van der Waals surface area contributed by atoms with E-state index in [1.165, 1.54) is 17.4 Å². The van der Waals surface area contributed by atoms with Crippen LogP contribution in [0.4, 0.5) is 0 Å². The average Bonchev–Trinajstić information content (AvgIpc) is 2.84. The summed E-state index contributed by atoms with van der Waals surface area (Å²) in [6, 6.07) is 7.36. The van der Waals surface area contributed by atoms with Crippen molar-refractivity contribution >= 4 is 45.8 Å². The van der Waals surface area contributed by atoms with Crippen molar-refractivity contribution in [2.75, 3.05) is 0 Å². The number of rotatable bonds is 3. The van der Waals surface area contributed by atoms with Crippen molar-refractivity contribution in [3.63, 3.8) is 0 Å². The van der Waals surface area contributed by atoms with Crippen LogP contribution >= 0.6 is 33.9 Å². The monoisotopic (exact) mass is 330 g/mol. The Hall–Kier alpha value is -0.880. The molecule has 0 aromatic carbocycles. The number of carbonyl (C=O) groups excluding carboxylic acids is 1. The van der Waals surface area contributed by atoms with E-state index in [-0.39, 0.29) is 5.78 Å². The van der Waals surface area contributed by atoms with Crippen molar-refractivity contribution in [1.82, 2.24) is 0 Å². The summed E-state index contributed by atoms with van der Waals surface area (Å²) in [7, 11) is 0. The van der Waals surface area contributed by atoms with Gasteiger partial charge in [-0.25, -0.2) is 0 Å². The van der Waals surface area contributed by atoms with E-state index >= 15 is 0 Å². The smallest absolute Gasteiger partial charge is 0.195 e. The molecule has 0 bridgehead atoms. The third kappa shape index (κ3) is 2.79. The molecule has 0 spiro atoms. The molecule has 0 aliphatic heterocycles. The fourth-order valence-corrected chi connectivity index (χ4v) is 2.16. The van der Waals surface area contributed by atoms with Crippen LogP contribution in [0, 0.1) is 3.77 Å². The van der Waals surface area contributed by atoms with Crippen LogP contribution in [0.1, 0.15) is 15.4 Å². The Morgan fingerprint density at radius 2 is 2.27 bits per heavy atom. The highest BCUT2D eigenvalue weighted by Crippen LogP contribution is 2.14. The Bertz CT molecular complexity index is 482. The number of allylic oxidation sites excluding steroid dienone is 1. The normalized spacial score (nSPS) is 11.0. The zero-order chi connectivity index (χ0) is 10.7. The molecule has 4 heteroatoms. The van der Waals surface area contributed by atoms with Crippen molar-refractivity contribution in [2.45, 2.75) is 0 Å². The van der Waals surface area contributed by atoms with Crippen LogP contribution in [0.3, 0.4) is 0 Å². The Morgan fingerprint density at radius 1 is 1.40 bits per heavy atom. The third-order valence-corrected chi connectivity index (χ3v) is 3.22. The molecule has 0 aliphatic carbocycles. The highest BCUT2D eigenvalue weighted by Gasteiger charge is 2.02. The van der Waals surface area contributed by atoms with Crippen molar-refractivity contribution in [3.05, 3.63) is 50.1 Å². The van der Waals surface area contributed by atoms with E-state index in [1.807, 2.05) is 29.6 Å². The van der Waals surface area contributed by atoms with Crippen LogP contribution in [-0.2, 0) is 0 Å². The molecule has 0 aliphatic rings. The van der Waals surface area contributed by atoms with Gasteiger partial charge in [0.15, 0.2) is 9.55 Å². The first-order valence-electron chi connectivity index (χ1n) is 4.27. The number of furan rings is 1. The van der Waals surface area contributed by atoms with Crippen molar-refractivity contribution in [3.8, 4) is 0 Å². The molecule has 0 amide bonds. The molecule has 2 aromatic rings. The van der Waals surface area contributed by atoms with Crippen LogP contribution in [0.25, 0.3) is 6.08 Å². The van der Waals surface area contributed by atoms with Crippen LogP contribution < -0.4 is 0 Å². The molecule has 76 valence electrons. The standard InChI is InChI=1S/C11H7IO2S/c12-11-6-4-8(14-11)3-5-9(13)10-2-1-7-15-10/h1-7H. The van der Waals surface area contributed by atoms with E-state index in [0.29, 0.717) is 5.76 Å². The molecule has 2 nitrogen and oxygen atoms in total. The summed E-state index contributed by atoms with van der Waals surface area (Å²) in [6.07, 6.45) is 3.21. The van der Waals surface area contributed by atoms with Gasteiger partial charge in [-0.3, -0.25) is 4.79 Å². The van der Waals surface area contributed by atoms with E-state index < -0.39 is 0 Å². The summed E-state index contributed by atoms with van der Waals surface area (Å²) in [5, 5.41) is 1.89. The van der Waals surface area contributed by atoms with Gasteiger partial charge in [-0.2, -0.15) is 0 Å². The number of halogens is 1. The fraction of sp³-hybridized carbons (Fsp3) is 0. The molecule has 0 radical (unpaired) electrons. The fourth-order valence-electron chi connectivity index (χ4n) is 1.08. The lowest BCUT2D eigenvalue weighted by atomic mass is 10.3. The summed E-state index contributed by atoms with van der Waals surface area (Å²) in [5.74, 6) is 0.709. The van der Waals surface area contributed by atoms with Crippen LogP contribution in [-0.4, -0.2) is 5.78 Å². The number of thiophene rings is 1. The Labute approximate surface area is 105 Å². The SMILES string of the molecule is O=C(C=Cc1ccc(I)o1)c1cccs1. The molecular weight excluding hydrogens is 323 g/mol. The molecule has 2 aromatic heterocycles. The lowest BCUT2D eigenvalue weighted by molar-refractivity contribution is 0.105. The highest BCUT2D eigenvalue weighted by atomic mass is 127. The van der Waals surface area contributed by atoms with Crippen molar-refractivity contribution in [1.29, 1.82) is 0 Å². The Balaban J connectivity index is 2.09. The third-order valence-electron chi connectivity index (χ3n) is 1.76. The topological polar surface area (TPSA) is 30.2 Å². The van der Waals surface area contributed by atoms with Gasteiger partial charge in [-0.15, -0.1) is 11.3 Å². The van der Waals surface area contributed by atoms with E-state index in [0.717, 1.165) is 8.64 Å². The summed E-state index contributed by atoms with van der Waals surface area (Å²) < 4.78 is 6.12. The van der Waals surface area contributed by atoms with Gasteiger partial charge in [0.05, 0.1) is 4.88 Å². The maximum atomic E-state index is 11.6. The predicted octanol–water partition coefficient (Wildman–Crippen LogP) is 3.84. The van der Waals surface area contributed by atoms with E-state index in [1.54, 1.807) is 6.08 Å². The molecule has 0 saturated heterocycles. The molecule has 15 heavy (non-hydrogen) atoms. The van der Waals surface area contributed by atoms with Crippen LogP contribution in [0.5, 0.6) is 0 Å². The number of hydrogen-bond acceptors (Lipinski definition) is 3. The largest absolute Gasteiger partial charge is 0.451 e. The zero-order valence-corrected chi connectivity index (χ0v) is 10.6. The molecule has 0 saturated carbocycles. The highest BCUT2D eigenvalue weighted by molar-refractivity contribution is 14.1. The van der Waals surface area contributed by atoms with E-state index in [4.69, 9.17) is 4.42 Å². The van der Waals surface area contributed by atoms with Crippen LogP contribution in [0.2, 0.25) is 0 Å². The van der Waals surface area contributed by atoms with Gasteiger partial charge >= 0.3 is 0 Å². The Kier molecular flexibility index (Phi) is 3.37. The summed E-state index contributed by atoms with van der Waals surface area (Å²) >= 11 is 3.52. The minimum atomic E-state index is 0.0106. The van der Waals surface area contributed by atoms with Gasteiger partial charge in [0, 0.05) is 0 Å². The first kappa shape index (κ1) is 10.6. The van der Waals surface area contributed by atoms with Gasteiger partial charge < -0.3 is 4.42 Å². The second-order valence-corrected chi connectivity index (χ2v) is 4.83. The van der Waals surface area contributed by atoms with E-state index in [9.17, 15) is 4.79 Å². The molecule has 0 fully saturated rings. The predicted molar refractivity (Wildman–Crippen MR) is 69.1 cm³/mol. The number of ketones is 1. The summed E-state index contributed by atoms with van der Waals surface area (Å²) in [4.78, 5) is 12.3. The number of hydrogen-bond donors (Lipinski definition) is 0. The second-order valence-electron chi connectivity index (χ2n) is 2.82. The van der Waals surface area contributed by atoms with E-state index in [2.05, 4.69) is 22.6 Å². The quantitative estimate of drug-likeness (QED) is 0.486. The van der Waals surface area contributed by atoms with Gasteiger partial charge in [-0.1, -0.05) is 6.07 Å². The van der Waals surface area contributed by atoms with Crippen molar-refractivity contribution in [2.24, 2.45) is 0 Å². The lowest BCUT2D eigenvalue weighted by Gasteiger charge is -1.87. The Morgan fingerprint density at radius 3 is 2.87 bits per heavy atom. The van der Waals surface area contributed by atoms with Gasteiger partial charge in [0.2, 0.25) is 0 Å². The molecule has 2 rings (SSSR count). The van der Waals surface area contributed by atoms with Gasteiger partial charge in [0.1, 0.15) is 5.76 Å². The molecule has 2 heterocycles. The first-order valence-corrected chi connectivity index (χ1v) is 6.23. The van der Waals surface area contributed by atoms with Crippen LogP contribution in [0.15, 0.2) is 40.1 Å². The minimum absolute atomic E-state index is 0.0106. The minimum Gasteiger partial charge on any atom is -0.451 e. The van der Waals surface area contributed by atoms with Gasteiger partial charge in [-0.05, 0) is 58.3 Å². The maximum absolute atomic E-state index is 11.6. The molecular formula is C11H7IO2S. The van der Waals surface area contributed by atoms with Crippen molar-refractivity contribution < 1.29 is 9.21 Å². The zero-order valence-electron chi connectivity index (χ0n) is 7.64. The summed E-state index contributed by atoms with van der Waals surface area (Å²) in [6.45, 7) is 0. The molecule has 0 atom stereocenters. The molecule has 0 unspecified atom stereocenters. The number of carbonyl (C=O) groups is 1. The van der Waals surface area contributed by atoms with Gasteiger partial charge in [0.25, 0.3) is 0 Å². The first-order chi connectivity index (χ1) is 7.25. The molecule has 0 N–H and O–H groups in total.